The number of sulfone groups is 1. The van der Waals surface area contributed by atoms with Gasteiger partial charge in [-0.2, -0.15) is 0 Å². The Bertz CT molecular complexity index is 424. The van der Waals surface area contributed by atoms with Crippen LogP contribution in [0.3, 0.4) is 0 Å². The molecule has 1 N–H and O–H groups in total. The SMILES string of the molecule is O=S1(=O)CCNC(CCN2CCC3CCCCC3C2)C1. The molecule has 3 rings (SSSR count). The highest BCUT2D eigenvalue weighted by molar-refractivity contribution is 7.91. The van der Waals surface area contributed by atoms with Crippen molar-refractivity contribution in [3.63, 3.8) is 0 Å². The van der Waals surface area contributed by atoms with E-state index in [1.54, 1.807) is 0 Å². The summed E-state index contributed by atoms with van der Waals surface area (Å²) >= 11 is 0. The van der Waals surface area contributed by atoms with E-state index in [9.17, 15) is 8.42 Å². The first-order chi connectivity index (χ1) is 9.62. The fraction of sp³-hybridized carbons (Fsp3) is 1.00. The van der Waals surface area contributed by atoms with Crippen LogP contribution in [0.4, 0.5) is 0 Å². The molecule has 116 valence electrons. The topological polar surface area (TPSA) is 49.4 Å². The summed E-state index contributed by atoms with van der Waals surface area (Å²) in [5, 5.41) is 3.36. The number of rotatable bonds is 3. The quantitative estimate of drug-likeness (QED) is 0.853. The first-order valence-corrected chi connectivity index (χ1v) is 10.1. The van der Waals surface area contributed by atoms with Gasteiger partial charge in [0.05, 0.1) is 11.5 Å². The third-order valence-electron chi connectivity index (χ3n) is 5.47. The molecule has 0 radical (unpaired) electrons. The fourth-order valence-electron chi connectivity index (χ4n) is 4.27. The predicted molar refractivity (Wildman–Crippen MR) is 81.6 cm³/mol. The summed E-state index contributed by atoms with van der Waals surface area (Å²) in [5.74, 6) is 2.55. The molecule has 0 bridgehead atoms. The van der Waals surface area contributed by atoms with Crippen molar-refractivity contribution in [1.82, 2.24) is 10.2 Å². The molecular formula is C15H28N2O2S. The van der Waals surface area contributed by atoms with Gasteiger partial charge in [-0.25, -0.2) is 8.42 Å². The lowest BCUT2D eigenvalue weighted by atomic mass is 9.75. The lowest BCUT2D eigenvalue weighted by Gasteiger charge is -2.41. The van der Waals surface area contributed by atoms with Crippen molar-refractivity contribution in [2.24, 2.45) is 11.8 Å². The van der Waals surface area contributed by atoms with Crippen LogP contribution < -0.4 is 5.32 Å². The van der Waals surface area contributed by atoms with Crippen LogP contribution in [-0.4, -0.2) is 57.0 Å². The second-order valence-electron chi connectivity index (χ2n) is 6.95. The van der Waals surface area contributed by atoms with E-state index in [1.165, 1.54) is 45.2 Å². The van der Waals surface area contributed by atoms with Gasteiger partial charge in [-0.15, -0.1) is 0 Å². The minimum atomic E-state index is -2.78. The van der Waals surface area contributed by atoms with E-state index in [0.29, 0.717) is 18.1 Å². The Kier molecular flexibility index (Phi) is 4.68. The molecule has 0 spiro atoms. The van der Waals surface area contributed by atoms with Gasteiger partial charge in [0.1, 0.15) is 0 Å². The van der Waals surface area contributed by atoms with Crippen LogP contribution in [0.25, 0.3) is 0 Å². The van der Waals surface area contributed by atoms with Gasteiger partial charge in [-0.1, -0.05) is 19.3 Å². The molecule has 3 aliphatic rings. The third kappa shape index (κ3) is 3.74. The molecule has 3 unspecified atom stereocenters. The Labute approximate surface area is 123 Å². The Balaban J connectivity index is 1.44. The van der Waals surface area contributed by atoms with Crippen LogP contribution in [0, 0.1) is 11.8 Å². The molecule has 0 aromatic rings. The molecule has 2 heterocycles. The van der Waals surface area contributed by atoms with Crippen LogP contribution in [0.15, 0.2) is 0 Å². The summed E-state index contributed by atoms with van der Waals surface area (Å²) in [6, 6.07) is 0.179. The second kappa shape index (κ2) is 6.32. The first kappa shape index (κ1) is 14.8. The zero-order valence-electron chi connectivity index (χ0n) is 12.4. The fourth-order valence-corrected chi connectivity index (χ4v) is 5.76. The van der Waals surface area contributed by atoms with Crippen LogP contribution in [0.1, 0.15) is 38.5 Å². The average Bonchev–Trinajstić information content (AvgIpc) is 2.44. The van der Waals surface area contributed by atoms with Crippen molar-refractivity contribution in [2.45, 2.75) is 44.6 Å². The Hall–Kier alpha value is -0.130. The third-order valence-corrected chi connectivity index (χ3v) is 7.21. The number of piperidine rings is 1. The maximum atomic E-state index is 11.6. The lowest BCUT2D eigenvalue weighted by molar-refractivity contribution is 0.0844. The predicted octanol–water partition coefficient (Wildman–Crippen LogP) is 1.28. The molecule has 20 heavy (non-hydrogen) atoms. The van der Waals surface area contributed by atoms with Crippen molar-refractivity contribution in [2.75, 3.05) is 37.7 Å². The number of likely N-dealkylation sites (tertiary alicyclic amines) is 1. The smallest absolute Gasteiger partial charge is 0.153 e. The second-order valence-corrected chi connectivity index (χ2v) is 9.18. The van der Waals surface area contributed by atoms with E-state index in [1.807, 2.05) is 0 Å². The van der Waals surface area contributed by atoms with E-state index in [-0.39, 0.29) is 6.04 Å². The van der Waals surface area contributed by atoms with Crippen molar-refractivity contribution in [3.05, 3.63) is 0 Å². The standard InChI is InChI=1S/C15H28N2O2S/c18-20(19)10-7-16-15(12-20)6-9-17-8-5-13-3-1-2-4-14(13)11-17/h13-16H,1-12H2. The van der Waals surface area contributed by atoms with E-state index >= 15 is 0 Å². The first-order valence-electron chi connectivity index (χ1n) is 8.28. The average molecular weight is 300 g/mol. The minimum absolute atomic E-state index is 0.179. The number of fused-ring (bicyclic) bond motifs is 1. The molecule has 3 fully saturated rings. The van der Waals surface area contributed by atoms with Gasteiger partial charge >= 0.3 is 0 Å². The summed E-state index contributed by atoms with van der Waals surface area (Å²) in [7, 11) is -2.78. The number of hydrogen-bond acceptors (Lipinski definition) is 4. The van der Waals surface area contributed by atoms with Gasteiger partial charge < -0.3 is 10.2 Å². The van der Waals surface area contributed by atoms with Gasteiger partial charge in [0.15, 0.2) is 9.84 Å². The number of hydrogen-bond donors (Lipinski definition) is 1. The molecule has 0 amide bonds. The summed E-state index contributed by atoms with van der Waals surface area (Å²) < 4.78 is 23.3. The summed E-state index contributed by atoms with van der Waals surface area (Å²) in [6.07, 6.45) is 8.05. The molecule has 1 saturated carbocycles. The number of nitrogens with one attached hydrogen (secondary N) is 1. The zero-order valence-corrected chi connectivity index (χ0v) is 13.2. The molecule has 4 nitrogen and oxygen atoms in total. The molecular weight excluding hydrogens is 272 g/mol. The molecule has 0 aromatic carbocycles. The van der Waals surface area contributed by atoms with E-state index in [4.69, 9.17) is 0 Å². The highest BCUT2D eigenvalue weighted by atomic mass is 32.2. The van der Waals surface area contributed by atoms with Crippen molar-refractivity contribution < 1.29 is 8.42 Å². The van der Waals surface area contributed by atoms with Gasteiger partial charge in [-0.3, -0.25) is 0 Å². The number of nitrogens with zero attached hydrogens (tertiary/aromatic N) is 1. The highest BCUT2D eigenvalue weighted by Gasteiger charge is 2.31. The van der Waals surface area contributed by atoms with E-state index < -0.39 is 9.84 Å². The highest BCUT2D eigenvalue weighted by Crippen LogP contribution is 2.36. The summed E-state index contributed by atoms with van der Waals surface area (Å²) in [6.45, 7) is 4.18. The van der Waals surface area contributed by atoms with Crippen LogP contribution in [0.2, 0.25) is 0 Å². The van der Waals surface area contributed by atoms with E-state index in [2.05, 4.69) is 10.2 Å². The normalized spacial score (nSPS) is 38.3. The van der Waals surface area contributed by atoms with Gasteiger partial charge in [0.25, 0.3) is 0 Å². The molecule has 2 aliphatic heterocycles. The minimum Gasteiger partial charge on any atom is -0.312 e. The molecule has 3 atom stereocenters. The zero-order chi connectivity index (χ0) is 14.0. The lowest BCUT2D eigenvalue weighted by Crippen LogP contribution is -2.48. The Morgan fingerprint density at radius 3 is 2.70 bits per heavy atom. The maximum Gasteiger partial charge on any atom is 0.153 e. The van der Waals surface area contributed by atoms with Crippen molar-refractivity contribution >= 4 is 9.84 Å². The molecule has 5 heteroatoms. The summed E-state index contributed by atoms with van der Waals surface area (Å²) in [4.78, 5) is 2.58. The Morgan fingerprint density at radius 1 is 1.10 bits per heavy atom. The largest absolute Gasteiger partial charge is 0.312 e. The van der Waals surface area contributed by atoms with Gasteiger partial charge in [-0.05, 0) is 44.2 Å². The van der Waals surface area contributed by atoms with Crippen LogP contribution in [0.5, 0.6) is 0 Å². The van der Waals surface area contributed by atoms with Crippen molar-refractivity contribution in [1.29, 1.82) is 0 Å². The maximum absolute atomic E-state index is 11.6. The Morgan fingerprint density at radius 2 is 1.90 bits per heavy atom. The van der Waals surface area contributed by atoms with Crippen LogP contribution in [-0.2, 0) is 9.84 Å². The van der Waals surface area contributed by atoms with E-state index in [0.717, 1.165) is 24.8 Å². The van der Waals surface area contributed by atoms with Crippen LogP contribution >= 0.6 is 0 Å². The monoisotopic (exact) mass is 300 g/mol. The molecule has 0 aromatic heterocycles. The molecule has 2 saturated heterocycles. The van der Waals surface area contributed by atoms with Gasteiger partial charge in [0, 0.05) is 19.1 Å². The van der Waals surface area contributed by atoms with Gasteiger partial charge in [0.2, 0.25) is 0 Å². The summed E-state index contributed by atoms with van der Waals surface area (Å²) in [5.41, 5.74) is 0. The van der Waals surface area contributed by atoms with Crippen molar-refractivity contribution in [3.8, 4) is 0 Å². The molecule has 1 aliphatic carbocycles.